The second kappa shape index (κ2) is 2.74. The molecule has 1 N–H and O–H groups in total. The average molecular weight is 190 g/mol. The molecule has 1 aromatic carbocycles. The van der Waals surface area contributed by atoms with Gasteiger partial charge in [-0.3, -0.25) is 0 Å². The molecular formula is C12H14O2. The minimum Gasteiger partial charge on any atom is -0.487 e. The molecule has 2 nitrogen and oxygen atoms in total. The molecule has 3 rings (SSSR count). The molecule has 2 atom stereocenters. The van der Waals surface area contributed by atoms with Gasteiger partial charge < -0.3 is 9.84 Å². The molecule has 1 aliphatic carbocycles. The molecule has 14 heavy (non-hydrogen) atoms. The first-order valence-electron chi connectivity index (χ1n) is 5.22. The lowest BCUT2D eigenvalue weighted by molar-refractivity contribution is 0.114. The van der Waals surface area contributed by atoms with E-state index < -0.39 is 0 Å². The molecule has 0 bridgehead atoms. The van der Waals surface area contributed by atoms with Crippen molar-refractivity contribution in [3.63, 3.8) is 0 Å². The molecule has 1 saturated carbocycles. The molecule has 1 heterocycles. The third-order valence-corrected chi connectivity index (χ3v) is 3.50. The predicted molar refractivity (Wildman–Crippen MR) is 53.3 cm³/mol. The Bertz CT molecular complexity index is 361. The molecule has 74 valence electrons. The fraction of sp³-hybridized carbons (Fsp3) is 0.500. The summed E-state index contributed by atoms with van der Waals surface area (Å²) in [5.74, 6) is 1.39. The van der Waals surface area contributed by atoms with E-state index in [-0.39, 0.29) is 12.2 Å². The summed E-state index contributed by atoms with van der Waals surface area (Å²) in [7, 11) is 0. The van der Waals surface area contributed by atoms with Gasteiger partial charge in [0.1, 0.15) is 11.4 Å². The number of fused-ring (bicyclic) bond motifs is 1. The molecule has 1 spiro atoms. The molecule has 1 unspecified atom stereocenters. The molecule has 0 radical (unpaired) electrons. The fourth-order valence-electron chi connectivity index (χ4n) is 2.45. The summed E-state index contributed by atoms with van der Waals surface area (Å²) in [6.07, 6.45) is 3.18. The predicted octanol–water partition coefficient (Wildman–Crippen LogP) is 1.76. The molecule has 1 aliphatic heterocycles. The molecule has 0 saturated heterocycles. The maximum Gasteiger partial charge on any atom is 0.123 e. The Kier molecular flexibility index (Phi) is 1.62. The summed E-state index contributed by atoms with van der Waals surface area (Å²) >= 11 is 0. The zero-order chi connectivity index (χ0) is 9.60. The number of aliphatic hydroxyl groups excluding tert-OH is 1. The summed E-state index contributed by atoms with van der Waals surface area (Å²) in [5, 5.41) is 9.09. The first-order valence-corrected chi connectivity index (χ1v) is 5.22. The topological polar surface area (TPSA) is 29.5 Å². The van der Waals surface area contributed by atoms with E-state index in [2.05, 4.69) is 12.1 Å². The molecule has 2 aliphatic rings. The number of aryl methyl sites for hydroxylation is 1. The van der Waals surface area contributed by atoms with E-state index in [1.165, 1.54) is 5.56 Å². The molecule has 1 fully saturated rings. The number of rotatable bonds is 1. The Labute approximate surface area is 83.5 Å². The number of aliphatic hydroxyl groups is 1. The largest absolute Gasteiger partial charge is 0.487 e. The third-order valence-electron chi connectivity index (χ3n) is 3.50. The number of para-hydroxylation sites is 1. The minimum atomic E-state index is -0.0108. The van der Waals surface area contributed by atoms with Crippen molar-refractivity contribution < 1.29 is 9.84 Å². The highest BCUT2D eigenvalue weighted by Gasteiger charge is 2.57. The zero-order valence-electron chi connectivity index (χ0n) is 8.07. The summed E-state index contributed by atoms with van der Waals surface area (Å²) in [6, 6.07) is 8.21. The number of hydrogen-bond donors (Lipinski definition) is 1. The van der Waals surface area contributed by atoms with Crippen molar-refractivity contribution in [3.8, 4) is 5.75 Å². The Morgan fingerprint density at radius 3 is 3.07 bits per heavy atom. The summed E-state index contributed by atoms with van der Waals surface area (Å²) in [4.78, 5) is 0. The van der Waals surface area contributed by atoms with Gasteiger partial charge in [-0.1, -0.05) is 18.2 Å². The van der Waals surface area contributed by atoms with Crippen LogP contribution in [-0.4, -0.2) is 17.3 Å². The highest BCUT2D eigenvalue weighted by molar-refractivity contribution is 5.37. The normalized spacial score (nSPS) is 33.6. The average Bonchev–Trinajstić information content (AvgIpc) is 2.91. The fourth-order valence-corrected chi connectivity index (χ4v) is 2.45. The maximum atomic E-state index is 9.09. The van der Waals surface area contributed by atoms with E-state index in [9.17, 15) is 0 Å². The molecule has 2 heteroatoms. The van der Waals surface area contributed by atoms with Crippen LogP contribution < -0.4 is 4.74 Å². The second-order valence-electron chi connectivity index (χ2n) is 4.36. The SMILES string of the molecule is OCC1C[C@@]12CCc1ccccc1O2. The maximum absolute atomic E-state index is 9.09. The van der Waals surface area contributed by atoms with Crippen LogP contribution in [0.2, 0.25) is 0 Å². The van der Waals surface area contributed by atoms with E-state index >= 15 is 0 Å². The Morgan fingerprint density at radius 1 is 1.43 bits per heavy atom. The second-order valence-corrected chi connectivity index (χ2v) is 4.36. The van der Waals surface area contributed by atoms with Crippen LogP contribution in [0.25, 0.3) is 0 Å². The van der Waals surface area contributed by atoms with Gasteiger partial charge in [0.25, 0.3) is 0 Å². The van der Waals surface area contributed by atoms with Crippen molar-refractivity contribution in [2.75, 3.05) is 6.61 Å². The van der Waals surface area contributed by atoms with Crippen molar-refractivity contribution in [2.24, 2.45) is 5.92 Å². The van der Waals surface area contributed by atoms with Crippen LogP contribution in [0.4, 0.5) is 0 Å². The lowest BCUT2D eigenvalue weighted by Crippen LogP contribution is -2.27. The Morgan fingerprint density at radius 2 is 2.29 bits per heavy atom. The van der Waals surface area contributed by atoms with Crippen LogP contribution in [0.1, 0.15) is 18.4 Å². The van der Waals surface area contributed by atoms with Gasteiger partial charge in [-0.15, -0.1) is 0 Å². The van der Waals surface area contributed by atoms with Crippen molar-refractivity contribution >= 4 is 0 Å². The van der Waals surface area contributed by atoms with E-state index in [0.29, 0.717) is 5.92 Å². The van der Waals surface area contributed by atoms with Gasteiger partial charge in [-0.2, -0.15) is 0 Å². The highest BCUT2D eigenvalue weighted by atomic mass is 16.5. The van der Waals surface area contributed by atoms with Crippen molar-refractivity contribution in [2.45, 2.75) is 24.9 Å². The van der Waals surface area contributed by atoms with Crippen LogP contribution >= 0.6 is 0 Å². The van der Waals surface area contributed by atoms with Crippen molar-refractivity contribution in [1.82, 2.24) is 0 Å². The number of hydrogen-bond acceptors (Lipinski definition) is 2. The van der Waals surface area contributed by atoms with Gasteiger partial charge in [-0.05, 0) is 30.9 Å². The summed E-state index contributed by atoms with van der Waals surface area (Å²) in [6.45, 7) is 0.266. The van der Waals surface area contributed by atoms with Crippen LogP contribution in [0.15, 0.2) is 24.3 Å². The van der Waals surface area contributed by atoms with Gasteiger partial charge >= 0.3 is 0 Å². The Hall–Kier alpha value is -1.02. The van der Waals surface area contributed by atoms with Crippen LogP contribution in [0.5, 0.6) is 5.75 Å². The zero-order valence-corrected chi connectivity index (χ0v) is 8.07. The third kappa shape index (κ3) is 1.07. The van der Waals surface area contributed by atoms with E-state index in [1.54, 1.807) is 0 Å². The van der Waals surface area contributed by atoms with Gasteiger partial charge in [0.05, 0.1) is 0 Å². The molecular weight excluding hydrogens is 176 g/mol. The molecule has 0 aromatic heterocycles. The quantitative estimate of drug-likeness (QED) is 0.731. The van der Waals surface area contributed by atoms with E-state index in [1.807, 2.05) is 12.1 Å². The van der Waals surface area contributed by atoms with Crippen LogP contribution in [0.3, 0.4) is 0 Å². The van der Waals surface area contributed by atoms with Crippen LogP contribution in [-0.2, 0) is 6.42 Å². The van der Waals surface area contributed by atoms with Crippen molar-refractivity contribution in [3.05, 3.63) is 29.8 Å². The number of ether oxygens (including phenoxy) is 1. The lowest BCUT2D eigenvalue weighted by Gasteiger charge is -2.27. The van der Waals surface area contributed by atoms with Crippen molar-refractivity contribution in [1.29, 1.82) is 0 Å². The summed E-state index contributed by atoms with van der Waals surface area (Å²) in [5.41, 5.74) is 1.30. The standard InChI is InChI=1S/C12H14O2/c13-8-10-7-12(10)6-5-9-3-1-2-4-11(9)14-12/h1-4,10,13H,5-8H2/t10?,12-/m0/s1. The number of benzene rings is 1. The van der Waals surface area contributed by atoms with Gasteiger partial charge in [0.2, 0.25) is 0 Å². The first kappa shape index (κ1) is 8.30. The van der Waals surface area contributed by atoms with Gasteiger partial charge in [0, 0.05) is 12.5 Å². The van der Waals surface area contributed by atoms with E-state index in [4.69, 9.17) is 9.84 Å². The lowest BCUT2D eigenvalue weighted by atomic mass is 10.00. The Balaban J connectivity index is 1.88. The summed E-state index contributed by atoms with van der Waals surface area (Å²) < 4.78 is 5.97. The highest BCUT2D eigenvalue weighted by Crippen LogP contribution is 2.52. The monoisotopic (exact) mass is 190 g/mol. The molecule has 1 aromatic rings. The molecule has 0 amide bonds. The first-order chi connectivity index (χ1) is 6.84. The van der Waals surface area contributed by atoms with E-state index in [0.717, 1.165) is 25.0 Å². The minimum absolute atomic E-state index is 0.0108. The smallest absolute Gasteiger partial charge is 0.123 e. The van der Waals surface area contributed by atoms with Gasteiger partial charge in [-0.25, -0.2) is 0 Å². The van der Waals surface area contributed by atoms with Crippen LogP contribution in [0, 0.1) is 5.92 Å². The van der Waals surface area contributed by atoms with Gasteiger partial charge in [0.15, 0.2) is 0 Å².